The normalized spacial score (nSPS) is 18.3. The van der Waals surface area contributed by atoms with Crippen molar-refractivity contribution in [3.8, 4) is 11.5 Å². The van der Waals surface area contributed by atoms with E-state index in [2.05, 4.69) is 5.32 Å². The van der Waals surface area contributed by atoms with Gasteiger partial charge in [-0.25, -0.2) is 4.79 Å². The average molecular weight is 486 g/mol. The van der Waals surface area contributed by atoms with Crippen LogP contribution in [0.4, 0.5) is 10.5 Å². The number of halogens is 1. The van der Waals surface area contributed by atoms with Crippen LogP contribution in [0, 0.1) is 5.92 Å². The molecule has 0 aliphatic carbocycles. The molecule has 0 bridgehead atoms. The molecule has 4 rings (SSSR count). The minimum absolute atomic E-state index is 0.0340. The molecular weight excluding hydrogens is 454 g/mol. The maximum absolute atomic E-state index is 13.3. The van der Waals surface area contributed by atoms with E-state index in [0.29, 0.717) is 55.5 Å². The molecule has 3 amide bonds. The highest BCUT2D eigenvalue weighted by Crippen LogP contribution is 2.36. The minimum Gasteiger partial charge on any atom is -0.491 e. The summed E-state index contributed by atoms with van der Waals surface area (Å²) in [4.78, 5) is 29.6. The van der Waals surface area contributed by atoms with Crippen LogP contribution in [0.1, 0.15) is 39.2 Å². The largest absolute Gasteiger partial charge is 0.491 e. The molecule has 0 saturated carbocycles. The number of amides is 3. The van der Waals surface area contributed by atoms with Crippen LogP contribution < -0.4 is 19.7 Å². The maximum Gasteiger partial charge on any atom is 0.324 e. The molecule has 7 nitrogen and oxygen atoms in total. The molecule has 34 heavy (non-hydrogen) atoms. The van der Waals surface area contributed by atoms with Gasteiger partial charge in [0.15, 0.2) is 0 Å². The van der Waals surface area contributed by atoms with E-state index in [0.717, 1.165) is 11.3 Å². The molecule has 1 saturated heterocycles. The van der Waals surface area contributed by atoms with Crippen molar-refractivity contribution in [1.29, 1.82) is 0 Å². The number of carbonyl (C=O) groups is 2. The Balaban J connectivity index is 1.29. The number of carbonyl (C=O) groups excluding carboxylic acids is 2. The third-order valence-corrected chi connectivity index (χ3v) is 6.34. The van der Waals surface area contributed by atoms with Gasteiger partial charge in [-0.05, 0) is 69.5 Å². The summed E-state index contributed by atoms with van der Waals surface area (Å²) >= 11 is 6.17. The third-order valence-electron chi connectivity index (χ3n) is 6.11. The molecule has 1 atom stereocenters. The van der Waals surface area contributed by atoms with Crippen LogP contribution in [-0.4, -0.2) is 48.7 Å². The van der Waals surface area contributed by atoms with Crippen LogP contribution in [0.15, 0.2) is 42.5 Å². The highest BCUT2D eigenvalue weighted by Gasteiger charge is 2.34. The lowest BCUT2D eigenvalue weighted by atomic mass is 9.96. The number of hydrogen-bond donors (Lipinski definition) is 1. The summed E-state index contributed by atoms with van der Waals surface area (Å²) in [7, 11) is 0. The fourth-order valence-electron chi connectivity index (χ4n) is 4.39. The molecule has 8 heteroatoms. The van der Waals surface area contributed by atoms with Crippen molar-refractivity contribution in [2.75, 3.05) is 24.5 Å². The summed E-state index contributed by atoms with van der Waals surface area (Å²) in [6.07, 6.45) is 1.30. The summed E-state index contributed by atoms with van der Waals surface area (Å²) in [5.74, 6) is 1.42. The van der Waals surface area contributed by atoms with Gasteiger partial charge < -0.3 is 19.7 Å². The van der Waals surface area contributed by atoms with Gasteiger partial charge in [-0.3, -0.25) is 9.69 Å². The van der Waals surface area contributed by atoms with E-state index >= 15 is 0 Å². The van der Waals surface area contributed by atoms with E-state index in [1.165, 1.54) is 0 Å². The second-order valence-electron chi connectivity index (χ2n) is 9.22. The zero-order valence-corrected chi connectivity index (χ0v) is 20.7. The second-order valence-corrected chi connectivity index (χ2v) is 9.66. The monoisotopic (exact) mass is 485 g/mol. The van der Waals surface area contributed by atoms with Crippen molar-refractivity contribution in [2.24, 2.45) is 5.92 Å². The molecule has 0 radical (unpaired) electrons. The molecule has 2 aliphatic heterocycles. The van der Waals surface area contributed by atoms with Gasteiger partial charge in [-0.15, -0.1) is 0 Å². The topological polar surface area (TPSA) is 71.1 Å². The summed E-state index contributed by atoms with van der Waals surface area (Å²) in [5.41, 5.74) is 1.72. The number of hydrogen-bond acceptors (Lipinski definition) is 4. The lowest BCUT2D eigenvalue weighted by molar-refractivity contribution is -0.126. The molecule has 0 aromatic heterocycles. The molecule has 182 valence electrons. The van der Waals surface area contributed by atoms with Crippen LogP contribution in [0.25, 0.3) is 0 Å². The first-order chi connectivity index (χ1) is 16.3. The van der Waals surface area contributed by atoms with Crippen LogP contribution >= 0.6 is 11.6 Å². The Morgan fingerprint density at radius 2 is 1.85 bits per heavy atom. The number of anilines is 1. The molecule has 0 spiro atoms. The number of urea groups is 1. The standard InChI is InChI=1S/C26H32ClN3O4/c1-17(2)33-22-7-4-19(5-8-22)15-28-25(31)20-10-12-29(13-11-20)26(32)30-16-18(3)34-24-9-6-21(27)14-23(24)30/h4-9,14,17-18,20H,10-13,15-16H2,1-3H3,(H,28,31)/t18-/m0/s1. The van der Waals surface area contributed by atoms with Crippen molar-refractivity contribution < 1.29 is 19.1 Å². The Labute approximate surface area is 206 Å². The summed E-state index contributed by atoms with van der Waals surface area (Å²) < 4.78 is 11.5. The number of nitrogens with zero attached hydrogens (tertiary/aromatic N) is 2. The predicted molar refractivity (Wildman–Crippen MR) is 133 cm³/mol. The lowest BCUT2D eigenvalue weighted by Crippen LogP contribution is -2.52. The van der Waals surface area contributed by atoms with Crippen LogP contribution in [-0.2, 0) is 11.3 Å². The number of benzene rings is 2. The van der Waals surface area contributed by atoms with Crippen molar-refractivity contribution in [3.05, 3.63) is 53.1 Å². The Kier molecular flexibility index (Phi) is 7.51. The smallest absolute Gasteiger partial charge is 0.324 e. The van der Waals surface area contributed by atoms with E-state index in [1.807, 2.05) is 49.9 Å². The first kappa shape index (κ1) is 24.2. The number of likely N-dealkylation sites (tertiary alicyclic amines) is 1. The highest BCUT2D eigenvalue weighted by molar-refractivity contribution is 6.31. The first-order valence-electron chi connectivity index (χ1n) is 11.9. The number of ether oxygens (including phenoxy) is 2. The zero-order valence-electron chi connectivity index (χ0n) is 19.9. The Morgan fingerprint density at radius 3 is 2.53 bits per heavy atom. The predicted octanol–water partition coefficient (Wildman–Crippen LogP) is 4.86. The van der Waals surface area contributed by atoms with E-state index in [-0.39, 0.29) is 30.1 Å². The Bertz CT molecular complexity index is 1020. The van der Waals surface area contributed by atoms with Gasteiger partial charge in [-0.1, -0.05) is 23.7 Å². The Morgan fingerprint density at radius 1 is 1.15 bits per heavy atom. The van der Waals surface area contributed by atoms with Crippen molar-refractivity contribution >= 4 is 29.2 Å². The van der Waals surface area contributed by atoms with Gasteiger partial charge in [0.05, 0.1) is 18.3 Å². The molecule has 2 aliphatic rings. The van der Waals surface area contributed by atoms with E-state index in [4.69, 9.17) is 21.1 Å². The third kappa shape index (κ3) is 5.76. The molecule has 2 heterocycles. The number of nitrogens with one attached hydrogen (secondary N) is 1. The van der Waals surface area contributed by atoms with Crippen molar-refractivity contribution in [3.63, 3.8) is 0 Å². The van der Waals surface area contributed by atoms with Crippen LogP contribution in [0.3, 0.4) is 0 Å². The number of rotatable bonds is 5. The zero-order chi connectivity index (χ0) is 24.2. The van der Waals surface area contributed by atoms with E-state index in [9.17, 15) is 9.59 Å². The molecule has 0 unspecified atom stereocenters. The first-order valence-corrected chi connectivity index (χ1v) is 12.2. The molecule has 2 aromatic carbocycles. The van der Waals surface area contributed by atoms with E-state index in [1.54, 1.807) is 23.1 Å². The van der Waals surface area contributed by atoms with Gasteiger partial charge in [0.2, 0.25) is 5.91 Å². The fraction of sp³-hybridized carbons (Fsp3) is 0.462. The highest BCUT2D eigenvalue weighted by atomic mass is 35.5. The quantitative estimate of drug-likeness (QED) is 0.656. The van der Waals surface area contributed by atoms with Gasteiger partial charge in [0.25, 0.3) is 0 Å². The maximum atomic E-state index is 13.3. The summed E-state index contributed by atoms with van der Waals surface area (Å²) in [6.45, 7) is 7.95. The average Bonchev–Trinajstić information content (AvgIpc) is 2.82. The van der Waals surface area contributed by atoms with Crippen molar-refractivity contribution in [1.82, 2.24) is 10.2 Å². The summed E-state index contributed by atoms with van der Waals surface area (Å²) in [5, 5.41) is 3.60. The van der Waals surface area contributed by atoms with Gasteiger partial charge in [0.1, 0.15) is 17.6 Å². The van der Waals surface area contributed by atoms with Gasteiger partial charge in [-0.2, -0.15) is 0 Å². The van der Waals surface area contributed by atoms with E-state index < -0.39 is 0 Å². The molecule has 2 aromatic rings. The minimum atomic E-state index is -0.105. The fourth-order valence-corrected chi connectivity index (χ4v) is 4.55. The van der Waals surface area contributed by atoms with Gasteiger partial charge >= 0.3 is 6.03 Å². The summed E-state index contributed by atoms with van der Waals surface area (Å²) in [6, 6.07) is 13.0. The second kappa shape index (κ2) is 10.6. The Hall–Kier alpha value is -2.93. The lowest BCUT2D eigenvalue weighted by Gasteiger charge is -2.39. The molecular formula is C26H32ClN3O4. The SMILES string of the molecule is CC(C)Oc1ccc(CNC(=O)C2CCN(C(=O)N3C[C@H](C)Oc4ccc(Cl)cc43)CC2)cc1. The number of fused-ring (bicyclic) bond motifs is 1. The molecule has 1 N–H and O–H groups in total. The molecule has 1 fully saturated rings. The van der Waals surface area contributed by atoms with Crippen LogP contribution in [0.2, 0.25) is 5.02 Å². The van der Waals surface area contributed by atoms with Gasteiger partial charge in [0, 0.05) is 30.6 Å². The van der Waals surface area contributed by atoms with Crippen molar-refractivity contribution in [2.45, 2.75) is 52.4 Å². The van der Waals surface area contributed by atoms with Crippen LogP contribution in [0.5, 0.6) is 11.5 Å². The number of piperidine rings is 1.